The van der Waals surface area contributed by atoms with E-state index >= 15 is 0 Å². The Morgan fingerprint density at radius 2 is 2.47 bits per heavy atom. The molecule has 17 heavy (non-hydrogen) atoms. The molecule has 5 nitrogen and oxygen atoms in total. The summed E-state index contributed by atoms with van der Waals surface area (Å²) in [7, 11) is 0. The highest BCUT2D eigenvalue weighted by molar-refractivity contribution is 9.11. The highest BCUT2D eigenvalue weighted by Crippen LogP contribution is 2.28. The fraction of sp³-hybridized carbons (Fsp3) is 0.700. The lowest BCUT2D eigenvalue weighted by Gasteiger charge is -2.31. The zero-order valence-corrected chi connectivity index (χ0v) is 12.1. The van der Waals surface area contributed by atoms with Crippen LogP contribution in [0.15, 0.2) is 3.92 Å². The van der Waals surface area contributed by atoms with Gasteiger partial charge in [0, 0.05) is 19.6 Å². The quantitative estimate of drug-likeness (QED) is 0.920. The molecular weight excluding hydrogens is 304 g/mol. The third-order valence-electron chi connectivity index (χ3n) is 2.80. The van der Waals surface area contributed by atoms with Crippen LogP contribution in [0, 0.1) is 5.92 Å². The number of carbonyl (C=O) groups excluding carboxylic acids is 1. The molecule has 1 aliphatic heterocycles. The van der Waals surface area contributed by atoms with Crippen LogP contribution in [0.4, 0.5) is 5.13 Å². The van der Waals surface area contributed by atoms with Gasteiger partial charge in [0.2, 0.25) is 11.0 Å². The molecule has 1 fully saturated rings. The zero-order valence-electron chi connectivity index (χ0n) is 9.65. The van der Waals surface area contributed by atoms with Gasteiger partial charge in [-0.25, -0.2) is 0 Å². The maximum absolute atomic E-state index is 11.8. The highest BCUT2D eigenvalue weighted by Gasteiger charge is 2.27. The van der Waals surface area contributed by atoms with Crippen LogP contribution in [0.1, 0.15) is 19.8 Å². The highest BCUT2D eigenvalue weighted by atomic mass is 79.9. The summed E-state index contributed by atoms with van der Waals surface area (Å²) in [5, 5.41) is 11.8. The first-order chi connectivity index (χ1) is 8.20. The first-order valence-corrected chi connectivity index (χ1v) is 7.33. The van der Waals surface area contributed by atoms with E-state index in [0.29, 0.717) is 6.54 Å². The Labute approximate surface area is 113 Å². The third-order valence-corrected chi connectivity index (χ3v) is 4.22. The van der Waals surface area contributed by atoms with Crippen molar-refractivity contribution in [2.45, 2.75) is 19.8 Å². The van der Waals surface area contributed by atoms with Gasteiger partial charge in [-0.3, -0.25) is 4.79 Å². The van der Waals surface area contributed by atoms with E-state index in [1.54, 1.807) is 0 Å². The maximum Gasteiger partial charge on any atom is 0.224 e. The minimum atomic E-state index is 0.0753. The predicted molar refractivity (Wildman–Crippen MR) is 71.2 cm³/mol. The Morgan fingerprint density at radius 3 is 3.12 bits per heavy atom. The molecule has 2 rings (SSSR count). The van der Waals surface area contributed by atoms with Crippen molar-refractivity contribution >= 4 is 38.3 Å². The molecule has 2 heterocycles. The van der Waals surface area contributed by atoms with Gasteiger partial charge in [0.1, 0.15) is 0 Å². The summed E-state index contributed by atoms with van der Waals surface area (Å²) >= 11 is 4.82. The number of hydrogen-bond donors (Lipinski definition) is 1. The molecule has 0 bridgehead atoms. The number of carbonyl (C=O) groups is 1. The molecule has 0 spiro atoms. The molecule has 0 unspecified atom stereocenters. The number of aromatic nitrogens is 2. The monoisotopic (exact) mass is 318 g/mol. The fourth-order valence-corrected chi connectivity index (χ4v) is 3.13. The molecule has 0 aromatic carbocycles. The van der Waals surface area contributed by atoms with Crippen molar-refractivity contribution in [2.24, 2.45) is 5.92 Å². The molecule has 1 aliphatic rings. The topological polar surface area (TPSA) is 58.1 Å². The number of hydrogen-bond acceptors (Lipinski definition) is 5. The summed E-state index contributed by atoms with van der Waals surface area (Å²) in [4.78, 5) is 13.9. The van der Waals surface area contributed by atoms with Crippen molar-refractivity contribution in [2.75, 3.05) is 24.5 Å². The SMILES string of the molecule is CCNC(=O)[C@H]1CCCN(c2nnc(Br)s2)C1. The Bertz CT molecular complexity index is 397. The van der Waals surface area contributed by atoms with Gasteiger partial charge in [-0.05, 0) is 35.7 Å². The lowest BCUT2D eigenvalue weighted by molar-refractivity contribution is -0.125. The van der Waals surface area contributed by atoms with Crippen LogP contribution in [-0.2, 0) is 4.79 Å². The van der Waals surface area contributed by atoms with Gasteiger partial charge >= 0.3 is 0 Å². The first-order valence-electron chi connectivity index (χ1n) is 5.72. The summed E-state index contributed by atoms with van der Waals surface area (Å²) in [6.45, 7) is 4.34. The van der Waals surface area contributed by atoms with Crippen LogP contribution in [0.5, 0.6) is 0 Å². The summed E-state index contributed by atoms with van der Waals surface area (Å²) in [6, 6.07) is 0. The van der Waals surface area contributed by atoms with Crippen molar-refractivity contribution in [1.82, 2.24) is 15.5 Å². The van der Waals surface area contributed by atoms with Crippen LogP contribution in [0.3, 0.4) is 0 Å². The number of piperidine rings is 1. The number of nitrogens with zero attached hydrogens (tertiary/aromatic N) is 3. The average molecular weight is 319 g/mol. The molecule has 1 atom stereocenters. The van der Waals surface area contributed by atoms with Gasteiger partial charge in [-0.15, -0.1) is 10.2 Å². The van der Waals surface area contributed by atoms with Gasteiger partial charge in [-0.2, -0.15) is 0 Å². The van der Waals surface area contributed by atoms with E-state index in [4.69, 9.17) is 0 Å². The summed E-state index contributed by atoms with van der Waals surface area (Å²) in [6.07, 6.45) is 1.99. The molecule has 1 N–H and O–H groups in total. The van der Waals surface area contributed by atoms with Crippen LogP contribution in [0.25, 0.3) is 0 Å². The maximum atomic E-state index is 11.8. The second-order valence-corrected chi connectivity index (χ2v) is 6.25. The molecule has 0 radical (unpaired) electrons. The van der Waals surface area contributed by atoms with Crippen molar-refractivity contribution in [3.8, 4) is 0 Å². The largest absolute Gasteiger partial charge is 0.356 e. The minimum Gasteiger partial charge on any atom is -0.356 e. The second-order valence-electron chi connectivity index (χ2n) is 4.02. The molecule has 1 amide bonds. The minimum absolute atomic E-state index is 0.0753. The van der Waals surface area contributed by atoms with Crippen molar-refractivity contribution in [1.29, 1.82) is 0 Å². The van der Waals surface area contributed by atoms with Gasteiger partial charge in [0.15, 0.2) is 3.92 Å². The predicted octanol–water partition coefficient (Wildman–Crippen LogP) is 1.65. The lowest BCUT2D eigenvalue weighted by Crippen LogP contribution is -2.43. The first kappa shape index (κ1) is 12.8. The Hall–Kier alpha value is -0.690. The summed E-state index contributed by atoms with van der Waals surface area (Å²) < 4.78 is 0.785. The Morgan fingerprint density at radius 1 is 1.65 bits per heavy atom. The van der Waals surface area contributed by atoms with E-state index in [0.717, 1.165) is 35.0 Å². The van der Waals surface area contributed by atoms with Crippen molar-refractivity contribution in [3.63, 3.8) is 0 Å². The average Bonchev–Trinajstić information content (AvgIpc) is 2.76. The van der Waals surface area contributed by atoms with Gasteiger partial charge in [0.25, 0.3) is 0 Å². The number of rotatable bonds is 3. The Balaban J connectivity index is 1.99. The standard InChI is InChI=1S/C10H15BrN4OS/c1-2-12-8(16)7-4-3-5-15(6-7)10-14-13-9(11)17-10/h7H,2-6H2,1H3,(H,12,16)/t7-/m0/s1. The lowest BCUT2D eigenvalue weighted by atomic mass is 9.97. The van der Waals surface area contributed by atoms with Crippen LogP contribution < -0.4 is 10.2 Å². The van der Waals surface area contributed by atoms with E-state index in [1.807, 2.05) is 6.92 Å². The van der Waals surface area contributed by atoms with Gasteiger partial charge in [-0.1, -0.05) is 11.3 Å². The molecule has 94 valence electrons. The summed E-state index contributed by atoms with van der Waals surface area (Å²) in [5.74, 6) is 0.229. The van der Waals surface area contributed by atoms with Gasteiger partial charge < -0.3 is 10.2 Å². The molecule has 1 aromatic rings. The molecule has 0 aliphatic carbocycles. The van der Waals surface area contributed by atoms with E-state index in [-0.39, 0.29) is 11.8 Å². The van der Waals surface area contributed by atoms with E-state index < -0.39 is 0 Å². The van der Waals surface area contributed by atoms with Crippen LogP contribution in [0.2, 0.25) is 0 Å². The number of amides is 1. The molecular formula is C10H15BrN4OS. The number of nitrogens with one attached hydrogen (secondary N) is 1. The third kappa shape index (κ3) is 3.16. The molecule has 7 heteroatoms. The van der Waals surface area contributed by atoms with E-state index in [1.165, 1.54) is 11.3 Å². The zero-order chi connectivity index (χ0) is 12.3. The van der Waals surface area contributed by atoms with Crippen molar-refractivity contribution in [3.05, 3.63) is 3.92 Å². The summed E-state index contributed by atoms with van der Waals surface area (Å²) in [5.41, 5.74) is 0. The molecule has 0 saturated carbocycles. The molecule has 1 aromatic heterocycles. The van der Waals surface area contributed by atoms with Crippen LogP contribution in [-0.4, -0.2) is 35.7 Å². The van der Waals surface area contributed by atoms with Gasteiger partial charge in [0.05, 0.1) is 5.92 Å². The normalized spacial score (nSPS) is 20.4. The fourth-order valence-electron chi connectivity index (χ4n) is 2.01. The Kier molecular flexibility index (Phi) is 4.33. The molecule has 1 saturated heterocycles. The van der Waals surface area contributed by atoms with E-state index in [9.17, 15) is 4.79 Å². The second kappa shape index (κ2) is 5.77. The number of halogens is 1. The van der Waals surface area contributed by atoms with Crippen molar-refractivity contribution < 1.29 is 4.79 Å². The van der Waals surface area contributed by atoms with E-state index in [2.05, 4.69) is 36.3 Å². The van der Waals surface area contributed by atoms with Crippen LogP contribution >= 0.6 is 27.3 Å². The smallest absolute Gasteiger partial charge is 0.224 e. The number of anilines is 1.